The summed E-state index contributed by atoms with van der Waals surface area (Å²) in [5, 5.41) is 0. The first kappa shape index (κ1) is 18.5. The molecule has 0 aromatic heterocycles. The van der Waals surface area contributed by atoms with E-state index in [-0.39, 0.29) is 5.91 Å². The minimum Gasteiger partial charge on any atom is -0.449 e. The van der Waals surface area contributed by atoms with E-state index in [0.29, 0.717) is 12.1 Å². The Labute approximate surface area is 148 Å². The summed E-state index contributed by atoms with van der Waals surface area (Å²) in [6.45, 7) is 3.99. The summed E-state index contributed by atoms with van der Waals surface area (Å²) in [5.74, 6) is -0.750. The van der Waals surface area contributed by atoms with E-state index in [1.54, 1.807) is 30.0 Å². The fraction of sp³-hybridized carbons (Fsp3) is 0.300. The number of likely N-dealkylation sites (N-methyl/N-ethyl adjacent to an activating group) is 1. The van der Waals surface area contributed by atoms with Gasteiger partial charge in [-0.25, -0.2) is 4.79 Å². The van der Waals surface area contributed by atoms with Crippen LogP contribution in [0.15, 0.2) is 54.6 Å². The molecule has 0 heterocycles. The van der Waals surface area contributed by atoms with Gasteiger partial charge in [-0.1, -0.05) is 24.3 Å². The number of carbonyl (C=O) groups excluding carboxylic acids is 2. The number of esters is 1. The molecule has 2 aromatic carbocycles. The summed E-state index contributed by atoms with van der Waals surface area (Å²) in [4.78, 5) is 28.5. The lowest BCUT2D eigenvalue weighted by atomic mass is 10.2. The first-order chi connectivity index (χ1) is 11.9. The van der Waals surface area contributed by atoms with Crippen molar-refractivity contribution in [1.29, 1.82) is 0 Å². The van der Waals surface area contributed by atoms with Gasteiger partial charge in [0.15, 0.2) is 6.10 Å². The van der Waals surface area contributed by atoms with E-state index in [1.807, 2.05) is 62.3 Å². The molecule has 1 amide bonds. The molecule has 5 nitrogen and oxygen atoms in total. The maximum Gasteiger partial charge on any atom is 0.338 e. The van der Waals surface area contributed by atoms with Gasteiger partial charge in [-0.3, -0.25) is 4.79 Å². The Morgan fingerprint density at radius 1 is 1.00 bits per heavy atom. The van der Waals surface area contributed by atoms with Crippen molar-refractivity contribution in [2.75, 3.05) is 30.4 Å². The largest absolute Gasteiger partial charge is 0.449 e. The molecule has 0 N–H and O–H groups in total. The van der Waals surface area contributed by atoms with E-state index in [2.05, 4.69) is 0 Å². The highest BCUT2D eigenvalue weighted by atomic mass is 16.5. The Kier molecular flexibility index (Phi) is 6.17. The molecule has 0 bridgehead atoms. The molecular formula is C20H24N2O3. The van der Waals surface area contributed by atoms with Crippen LogP contribution in [0.25, 0.3) is 0 Å². The minimum absolute atomic E-state index is 0.245. The van der Waals surface area contributed by atoms with Crippen molar-refractivity contribution in [2.45, 2.75) is 20.0 Å². The van der Waals surface area contributed by atoms with Gasteiger partial charge >= 0.3 is 5.97 Å². The molecule has 0 spiro atoms. The Hall–Kier alpha value is -2.82. The molecular weight excluding hydrogens is 316 g/mol. The number of amides is 1. The first-order valence-electron chi connectivity index (χ1n) is 8.28. The highest BCUT2D eigenvalue weighted by Gasteiger charge is 2.24. The standard InChI is InChI=1S/C20H24N2O3/c1-5-22(17-11-7-6-8-12-17)19(23)15(2)25-20(24)16-10-9-13-18(14-16)21(3)4/h6-15H,5H2,1-4H3/t15-/m0/s1. The summed E-state index contributed by atoms with van der Waals surface area (Å²) < 4.78 is 5.39. The van der Waals surface area contributed by atoms with E-state index in [1.165, 1.54) is 0 Å². The zero-order chi connectivity index (χ0) is 18.4. The van der Waals surface area contributed by atoms with Gasteiger partial charge in [-0.05, 0) is 44.2 Å². The quantitative estimate of drug-likeness (QED) is 0.757. The van der Waals surface area contributed by atoms with Gasteiger partial charge in [0.25, 0.3) is 5.91 Å². The maximum atomic E-state index is 12.7. The maximum absolute atomic E-state index is 12.7. The molecule has 5 heteroatoms. The summed E-state index contributed by atoms with van der Waals surface area (Å²) in [6.07, 6.45) is -0.865. The van der Waals surface area contributed by atoms with E-state index in [4.69, 9.17) is 4.74 Å². The number of hydrogen-bond donors (Lipinski definition) is 0. The number of hydrogen-bond acceptors (Lipinski definition) is 4. The van der Waals surface area contributed by atoms with Crippen molar-refractivity contribution in [3.63, 3.8) is 0 Å². The average molecular weight is 340 g/mol. The van der Waals surface area contributed by atoms with Gasteiger partial charge < -0.3 is 14.5 Å². The fourth-order valence-electron chi connectivity index (χ4n) is 2.48. The van der Waals surface area contributed by atoms with Crippen LogP contribution in [-0.4, -0.2) is 38.6 Å². The lowest BCUT2D eigenvalue weighted by Gasteiger charge is -2.24. The van der Waals surface area contributed by atoms with E-state index >= 15 is 0 Å². The Morgan fingerprint density at radius 2 is 1.64 bits per heavy atom. The Morgan fingerprint density at radius 3 is 2.24 bits per heavy atom. The van der Waals surface area contributed by atoms with Crippen LogP contribution in [0.3, 0.4) is 0 Å². The molecule has 0 saturated heterocycles. The SMILES string of the molecule is CCN(C(=O)[C@H](C)OC(=O)c1cccc(N(C)C)c1)c1ccccc1. The predicted molar refractivity (Wildman–Crippen MR) is 100 cm³/mol. The van der Waals surface area contributed by atoms with Crippen molar-refractivity contribution < 1.29 is 14.3 Å². The lowest BCUT2D eigenvalue weighted by Crippen LogP contribution is -2.40. The number of benzene rings is 2. The van der Waals surface area contributed by atoms with Crippen molar-refractivity contribution in [2.24, 2.45) is 0 Å². The van der Waals surface area contributed by atoms with Gasteiger partial charge in [0, 0.05) is 32.0 Å². The second kappa shape index (κ2) is 8.33. The number of ether oxygens (including phenoxy) is 1. The fourth-order valence-corrected chi connectivity index (χ4v) is 2.48. The van der Waals surface area contributed by atoms with E-state index in [0.717, 1.165) is 11.4 Å². The molecule has 2 rings (SSSR count). The predicted octanol–water partition coefficient (Wildman–Crippen LogP) is 3.35. The van der Waals surface area contributed by atoms with Gasteiger partial charge in [0.05, 0.1) is 5.56 Å². The third-order valence-corrected chi connectivity index (χ3v) is 3.88. The molecule has 0 saturated carbocycles. The highest BCUT2D eigenvalue weighted by Crippen LogP contribution is 2.17. The molecule has 0 aliphatic carbocycles. The van der Waals surface area contributed by atoms with Crippen LogP contribution in [-0.2, 0) is 9.53 Å². The molecule has 0 aliphatic heterocycles. The molecule has 2 aromatic rings. The van der Waals surface area contributed by atoms with Gasteiger partial charge in [0.1, 0.15) is 0 Å². The normalized spacial score (nSPS) is 11.5. The van der Waals surface area contributed by atoms with Crippen LogP contribution < -0.4 is 9.80 Å². The molecule has 0 fully saturated rings. The second-order valence-corrected chi connectivity index (χ2v) is 5.91. The van der Waals surface area contributed by atoms with Crippen LogP contribution in [0.1, 0.15) is 24.2 Å². The average Bonchev–Trinajstić information content (AvgIpc) is 2.63. The van der Waals surface area contributed by atoms with E-state index in [9.17, 15) is 9.59 Å². The van der Waals surface area contributed by atoms with Crippen LogP contribution >= 0.6 is 0 Å². The van der Waals surface area contributed by atoms with Crippen LogP contribution in [0.4, 0.5) is 11.4 Å². The number of carbonyl (C=O) groups is 2. The van der Waals surface area contributed by atoms with Crippen LogP contribution in [0.5, 0.6) is 0 Å². The monoisotopic (exact) mass is 340 g/mol. The Bertz CT molecular complexity index is 729. The lowest BCUT2D eigenvalue weighted by molar-refractivity contribution is -0.126. The number of rotatable bonds is 6. The highest BCUT2D eigenvalue weighted by molar-refractivity contribution is 5.99. The summed E-state index contributed by atoms with van der Waals surface area (Å²) in [5.41, 5.74) is 2.11. The molecule has 0 radical (unpaired) electrons. The van der Waals surface area contributed by atoms with Crippen molar-refractivity contribution in [3.05, 3.63) is 60.2 Å². The number of para-hydroxylation sites is 1. The Balaban J connectivity index is 2.10. The smallest absolute Gasteiger partial charge is 0.338 e. The second-order valence-electron chi connectivity index (χ2n) is 5.91. The van der Waals surface area contributed by atoms with Crippen molar-refractivity contribution in [3.8, 4) is 0 Å². The van der Waals surface area contributed by atoms with Crippen molar-refractivity contribution >= 4 is 23.3 Å². The van der Waals surface area contributed by atoms with Crippen molar-refractivity contribution in [1.82, 2.24) is 0 Å². The number of nitrogens with zero attached hydrogens (tertiary/aromatic N) is 2. The summed E-state index contributed by atoms with van der Waals surface area (Å²) >= 11 is 0. The van der Waals surface area contributed by atoms with Crippen LogP contribution in [0, 0.1) is 0 Å². The zero-order valence-electron chi connectivity index (χ0n) is 15.1. The third-order valence-electron chi connectivity index (χ3n) is 3.88. The van der Waals surface area contributed by atoms with Gasteiger partial charge in [0.2, 0.25) is 0 Å². The molecule has 25 heavy (non-hydrogen) atoms. The van der Waals surface area contributed by atoms with Crippen LogP contribution in [0.2, 0.25) is 0 Å². The van der Waals surface area contributed by atoms with Gasteiger partial charge in [-0.2, -0.15) is 0 Å². The summed E-state index contributed by atoms with van der Waals surface area (Å²) in [7, 11) is 3.80. The first-order valence-corrected chi connectivity index (χ1v) is 8.28. The topological polar surface area (TPSA) is 49.9 Å². The van der Waals surface area contributed by atoms with Gasteiger partial charge in [-0.15, -0.1) is 0 Å². The third kappa shape index (κ3) is 4.59. The molecule has 1 atom stereocenters. The molecule has 0 unspecified atom stereocenters. The minimum atomic E-state index is -0.865. The number of anilines is 2. The zero-order valence-corrected chi connectivity index (χ0v) is 15.1. The molecule has 132 valence electrons. The van der Waals surface area contributed by atoms with E-state index < -0.39 is 12.1 Å². The molecule has 0 aliphatic rings. The summed E-state index contributed by atoms with van der Waals surface area (Å²) in [6, 6.07) is 16.5.